The summed E-state index contributed by atoms with van der Waals surface area (Å²) in [5.74, 6) is -0.196. The molecule has 2 heterocycles. The highest BCUT2D eigenvalue weighted by Gasteiger charge is 2.33. The first-order chi connectivity index (χ1) is 13.1. The maximum atomic E-state index is 12.4. The van der Waals surface area contributed by atoms with E-state index in [1.165, 1.54) is 11.8 Å². The van der Waals surface area contributed by atoms with E-state index in [4.69, 9.17) is 9.47 Å². The minimum absolute atomic E-state index is 0.0491. The van der Waals surface area contributed by atoms with Crippen LogP contribution in [0.4, 0.5) is 5.69 Å². The molecular formula is C20H18N2O4S. The molecule has 0 atom stereocenters. The number of aromatic nitrogens is 1. The van der Waals surface area contributed by atoms with E-state index in [2.05, 4.69) is 9.98 Å². The number of hydrogen-bond donors (Lipinski definition) is 1. The molecule has 1 aromatic heterocycles. The fourth-order valence-electron chi connectivity index (χ4n) is 2.43. The summed E-state index contributed by atoms with van der Waals surface area (Å²) in [7, 11) is 1.55. The Balaban J connectivity index is 2.07. The predicted octanol–water partition coefficient (Wildman–Crippen LogP) is 4.28. The van der Waals surface area contributed by atoms with Crippen LogP contribution in [0.5, 0.6) is 5.75 Å². The number of hydrogen-bond acceptors (Lipinski definition) is 7. The topological polar surface area (TPSA) is 81.0 Å². The average Bonchev–Trinajstić information content (AvgIpc) is 2.98. The predicted molar refractivity (Wildman–Crippen MR) is 106 cm³/mol. The highest BCUT2D eigenvalue weighted by Crippen LogP contribution is 2.41. The Hall–Kier alpha value is -3.06. The molecule has 1 aliphatic rings. The minimum atomic E-state index is -0.616. The molecule has 138 valence electrons. The number of aliphatic imine (C=N–C) groups is 1. The van der Waals surface area contributed by atoms with Gasteiger partial charge in [-0.3, -0.25) is 4.98 Å². The number of aliphatic hydroxyl groups excluding tert-OH is 1. The third-order valence-corrected chi connectivity index (χ3v) is 4.70. The molecule has 0 bridgehead atoms. The van der Waals surface area contributed by atoms with Crippen LogP contribution < -0.4 is 4.74 Å². The number of rotatable bonds is 5. The first-order valence-corrected chi connectivity index (χ1v) is 9.08. The first kappa shape index (κ1) is 18.7. The van der Waals surface area contributed by atoms with Crippen molar-refractivity contribution in [2.24, 2.45) is 4.99 Å². The summed E-state index contributed by atoms with van der Waals surface area (Å²) in [4.78, 5) is 21.4. The van der Waals surface area contributed by atoms with Crippen LogP contribution in [0, 0.1) is 0 Å². The van der Waals surface area contributed by atoms with E-state index in [9.17, 15) is 9.90 Å². The molecule has 6 nitrogen and oxygen atoms in total. The van der Waals surface area contributed by atoms with Crippen LogP contribution in [0.3, 0.4) is 0 Å². The van der Waals surface area contributed by atoms with Crippen molar-refractivity contribution in [2.75, 3.05) is 13.7 Å². The van der Waals surface area contributed by atoms with E-state index < -0.39 is 5.97 Å². The van der Waals surface area contributed by atoms with Gasteiger partial charge in [0, 0.05) is 12.4 Å². The van der Waals surface area contributed by atoms with Gasteiger partial charge >= 0.3 is 5.97 Å². The van der Waals surface area contributed by atoms with Gasteiger partial charge in [-0.15, -0.1) is 0 Å². The lowest BCUT2D eigenvalue weighted by Gasteiger charge is -2.06. The molecular weight excluding hydrogens is 364 g/mol. The van der Waals surface area contributed by atoms with Gasteiger partial charge in [0.2, 0.25) is 0 Å². The lowest BCUT2D eigenvalue weighted by Crippen LogP contribution is -2.12. The van der Waals surface area contributed by atoms with Gasteiger partial charge in [0.05, 0.1) is 18.6 Å². The second-order valence-electron chi connectivity index (χ2n) is 5.42. The summed E-state index contributed by atoms with van der Waals surface area (Å²) < 4.78 is 10.4. The van der Waals surface area contributed by atoms with Crippen molar-refractivity contribution in [3.05, 3.63) is 70.6 Å². The van der Waals surface area contributed by atoms with Crippen molar-refractivity contribution < 1.29 is 19.4 Å². The number of carbonyl (C=O) groups is 1. The van der Waals surface area contributed by atoms with Gasteiger partial charge in [-0.05, 0) is 42.8 Å². The van der Waals surface area contributed by atoms with E-state index >= 15 is 0 Å². The molecule has 0 saturated carbocycles. The zero-order chi connectivity index (χ0) is 19.2. The zero-order valence-electron chi connectivity index (χ0n) is 14.9. The smallest absolute Gasteiger partial charge is 0.344 e. The van der Waals surface area contributed by atoms with Crippen LogP contribution in [0.1, 0.15) is 12.5 Å². The summed E-state index contributed by atoms with van der Waals surface area (Å²) in [6.45, 7) is 1.91. The number of nitrogens with zero attached hydrogens (tertiary/aromatic N) is 2. The summed E-state index contributed by atoms with van der Waals surface area (Å²) in [5, 5.41) is 11.0. The van der Waals surface area contributed by atoms with Crippen molar-refractivity contribution in [3.63, 3.8) is 0 Å². The molecule has 1 N–H and O–H groups in total. The maximum absolute atomic E-state index is 12.4. The van der Waals surface area contributed by atoms with Crippen LogP contribution in [0.15, 0.2) is 70.0 Å². The summed E-state index contributed by atoms with van der Waals surface area (Å²) in [6.07, 6.45) is 5.08. The van der Waals surface area contributed by atoms with Gasteiger partial charge in [0.1, 0.15) is 27.8 Å². The normalized spacial score (nSPS) is 16.8. The monoisotopic (exact) mass is 382 g/mol. The molecule has 0 aliphatic carbocycles. The van der Waals surface area contributed by atoms with Crippen LogP contribution in [-0.2, 0) is 9.53 Å². The van der Waals surface area contributed by atoms with Gasteiger partial charge in [-0.25, -0.2) is 9.79 Å². The maximum Gasteiger partial charge on any atom is 0.344 e. The van der Waals surface area contributed by atoms with Gasteiger partial charge in [-0.1, -0.05) is 23.9 Å². The molecule has 2 aromatic rings. The Labute approximate surface area is 161 Å². The standard InChI is InChI=1S/C20H18N2O4S/c1-3-26-20(24)17-18(23)16(12-13-8-10-21-11-9-13)27-19(17)22-14-6-4-5-7-15(14)25-2/h4-12,23H,3H2,1-2H3/b16-12+,22-19?. The number of methoxy groups -OCH3 is 1. The van der Waals surface area contributed by atoms with Crippen molar-refractivity contribution in [3.8, 4) is 5.75 Å². The fourth-order valence-corrected chi connectivity index (χ4v) is 3.46. The highest BCUT2D eigenvalue weighted by atomic mass is 32.2. The number of benzene rings is 1. The molecule has 3 rings (SSSR count). The van der Waals surface area contributed by atoms with E-state index in [-0.39, 0.29) is 17.9 Å². The second-order valence-corrected chi connectivity index (χ2v) is 6.45. The van der Waals surface area contributed by atoms with Crippen molar-refractivity contribution >= 4 is 34.5 Å². The number of thioether (sulfide) groups is 1. The third kappa shape index (κ3) is 4.20. The van der Waals surface area contributed by atoms with Crippen LogP contribution in [0.2, 0.25) is 0 Å². The largest absolute Gasteiger partial charge is 0.506 e. The summed E-state index contributed by atoms with van der Waals surface area (Å²) in [6, 6.07) is 10.8. The van der Waals surface area contributed by atoms with Crippen molar-refractivity contribution in [2.45, 2.75) is 6.92 Å². The lowest BCUT2D eigenvalue weighted by atomic mass is 10.2. The molecule has 0 unspecified atom stereocenters. The first-order valence-electron chi connectivity index (χ1n) is 8.26. The van der Waals surface area contributed by atoms with Gasteiger partial charge in [-0.2, -0.15) is 0 Å². The Morgan fingerprint density at radius 3 is 2.70 bits per heavy atom. The van der Waals surface area contributed by atoms with Gasteiger partial charge < -0.3 is 14.6 Å². The number of esters is 1. The minimum Gasteiger partial charge on any atom is -0.506 e. The molecule has 0 radical (unpaired) electrons. The van der Waals surface area contributed by atoms with E-state index in [1.54, 1.807) is 56.8 Å². The van der Waals surface area contributed by atoms with E-state index in [0.29, 0.717) is 21.4 Å². The second kappa shape index (κ2) is 8.55. The Bertz CT molecular complexity index is 936. The molecule has 0 spiro atoms. The third-order valence-electron chi connectivity index (χ3n) is 3.68. The number of carbonyl (C=O) groups excluding carboxylic acids is 1. The summed E-state index contributed by atoms with van der Waals surface area (Å²) in [5.41, 5.74) is 1.45. The van der Waals surface area contributed by atoms with E-state index in [1.807, 2.05) is 12.1 Å². The summed E-state index contributed by atoms with van der Waals surface area (Å²) >= 11 is 1.20. The van der Waals surface area contributed by atoms with E-state index in [0.717, 1.165) is 5.56 Å². The van der Waals surface area contributed by atoms with Crippen LogP contribution in [-0.4, -0.2) is 34.8 Å². The number of para-hydroxylation sites is 2. The molecule has 0 saturated heterocycles. The average molecular weight is 382 g/mol. The van der Waals surface area contributed by atoms with Gasteiger partial charge in [0.15, 0.2) is 0 Å². The number of aliphatic hydroxyl groups is 1. The number of pyridine rings is 1. The lowest BCUT2D eigenvalue weighted by molar-refractivity contribution is -0.138. The van der Waals surface area contributed by atoms with Crippen molar-refractivity contribution in [1.82, 2.24) is 4.98 Å². The molecule has 1 aromatic carbocycles. The fraction of sp³-hybridized carbons (Fsp3) is 0.150. The van der Waals surface area contributed by atoms with Gasteiger partial charge in [0.25, 0.3) is 0 Å². The molecule has 1 aliphatic heterocycles. The SMILES string of the molecule is CCOC(=O)C1=C(O)/C(=C\c2ccncc2)SC1=Nc1ccccc1OC. The highest BCUT2D eigenvalue weighted by molar-refractivity contribution is 8.18. The van der Waals surface area contributed by atoms with Crippen molar-refractivity contribution in [1.29, 1.82) is 0 Å². The molecule has 27 heavy (non-hydrogen) atoms. The van der Waals surface area contributed by atoms with Crippen LogP contribution in [0.25, 0.3) is 6.08 Å². The Kier molecular flexibility index (Phi) is 5.93. The Morgan fingerprint density at radius 1 is 1.26 bits per heavy atom. The Morgan fingerprint density at radius 2 is 2.00 bits per heavy atom. The molecule has 0 amide bonds. The zero-order valence-corrected chi connectivity index (χ0v) is 15.7. The molecule has 0 fully saturated rings. The molecule has 7 heteroatoms. The van der Waals surface area contributed by atoms with Crippen LogP contribution >= 0.6 is 11.8 Å². The number of ether oxygens (including phenoxy) is 2. The quantitative estimate of drug-likeness (QED) is 0.777.